The van der Waals surface area contributed by atoms with E-state index in [4.69, 9.17) is 11.0 Å². The van der Waals surface area contributed by atoms with Crippen LogP contribution in [0.25, 0.3) is 32.9 Å². The minimum atomic E-state index is -2.43. The van der Waals surface area contributed by atoms with Crippen LogP contribution < -0.4 is 11.1 Å². The van der Waals surface area contributed by atoms with Crippen molar-refractivity contribution >= 4 is 27.8 Å². The summed E-state index contributed by atoms with van der Waals surface area (Å²) < 4.78 is 24.3. The van der Waals surface area contributed by atoms with Gasteiger partial charge in [-0.3, -0.25) is 4.98 Å². The number of pyridine rings is 1. The summed E-state index contributed by atoms with van der Waals surface area (Å²) in [4.78, 5) is 15.8. The molecule has 152 valence electrons. The van der Waals surface area contributed by atoms with Gasteiger partial charge in [-0.1, -0.05) is 6.07 Å². The Labute approximate surface area is 171 Å². The van der Waals surface area contributed by atoms with Crippen LogP contribution in [0.3, 0.4) is 0 Å². The molecule has 0 bridgehead atoms. The van der Waals surface area contributed by atoms with Crippen LogP contribution in [0.2, 0.25) is 0 Å². The van der Waals surface area contributed by atoms with Crippen molar-refractivity contribution in [2.45, 2.75) is 18.8 Å². The first kappa shape index (κ1) is 19.7. The van der Waals surface area contributed by atoms with E-state index < -0.39 is 5.92 Å². The standard InChI is InChI=1S/C16H10N6.C5H9F2N/c17-4-9-1-2-11-12(8-20-14(11)3-9)13-7-19-5-10-6-21-16(18)22-15(10)13;6-5(7)2-1-3-8-4-5/h1-3,5-8,20H,(H2,18,21,22);8H,1-4H2. The maximum Gasteiger partial charge on any atom is 0.260 e. The van der Waals surface area contributed by atoms with Gasteiger partial charge in [-0.25, -0.2) is 18.7 Å². The number of nitrogens with two attached hydrogens (primary N) is 1. The summed E-state index contributed by atoms with van der Waals surface area (Å²) in [6.45, 7) is 0.614. The molecule has 0 saturated carbocycles. The fourth-order valence-corrected chi connectivity index (χ4v) is 3.42. The molecule has 30 heavy (non-hydrogen) atoms. The number of hydrogen-bond acceptors (Lipinski definition) is 6. The molecule has 7 nitrogen and oxygen atoms in total. The Kier molecular flexibility index (Phi) is 5.25. The highest BCUT2D eigenvalue weighted by Crippen LogP contribution is 2.32. The molecule has 1 saturated heterocycles. The van der Waals surface area contributed by atoms with E-state index in [1.807, 2.05) is 18.3 Å². The van der Waals surface area contributed by atoms with Crippen molar-refractivity contribution in [2.75, 3.05) is 18.8 Å². The number of nitriles is 1. The highest BCUT2D eigenvalue weighted by molar-refractivity contribution is 6.03. The molecule has 4 aromatic rings. The number of nitrogen functional groups attached to an aromatic ring is 1. The molecular formula is C21H19F2N7. The van der Waals surface area contributed by atoms with Crippen LogP contribution in [0.5, 0.6) is 0 Å². The van der Waals surface area contributed by atoms with Crippen molar-refractivity contribution in [1.82, 2.24) is 25.3 Å². The number of hydrogen-bond donors (Lipinski definition) is 3. The molecular weight excluding hydrogens is 388 g/mol. The number of nitrogens with zero attached hydrogens (tertiary/aromatic N) is 4. The zero-order chi connectivity index (χ0) is 21.1. The number of piperidine rings is 1. The zero-order valence-corrected chi connectivity index (χ0v) is 16.0. The van der Waals surface area contributed by atoms with E-state index in [2.05, 4.69) is 31.3 Å². The Morgan fingerprint density at radius 3 is 2.73 bits per heavy atom. The lowest BCUT2D eigenvalue weighted by Crippen LogP contribution is -2.38. The first-order valence-corrected chi connectivity index (χ1v) is 9.43. The van der Waals surface area contributed by atoms with Crippen molar-refractivity contribution in [3.05, 3.63) is 48.5 Å². The number of halogens is 2. The molecule has 3 aromatic heterocycles. The lowest BCUT2D eigenvalue weighted by Gasteiger charge is -2.21. The summed E-state index contributed by atoms with van der Waals surface area (Å²) in [5.74, 6) is -2.20. The van der Waals surface area contributed by atoms with Crippen molar-refractivity contribution in [1.29, 1.82) is 5.26 Å². The van der Waals surface area contributed by atoms with Gasteiger partial charge < -0.3 is 16.0 Å². The number of anilines is 1. The molecule has 1 aliphatic heterocycles. The molecule has 0 atom stereocenters. The number of alkyl halides is 2. The van der Waals surface area contributed by atoms with Gasteiger partial charge in [-0.05, 0) is 25.1 Å². The summed E-state index contributed by atoms with van der Waals surface area (Å²) in [6, 6.07) is 7.67. The third-order valence-electron chi connectivity index (χ3n) is 4.89. The van der Waals surface area contributed by atoms with Gasteiger partial charge >= 0.3 is 0 Å². The van der Waals surface area contributed by atoms with Crippen molar-refractivity contribution in [3.63, 3.8) is 0 Å². The van der Waals surface area contributed by atoms with E-state index in [9.17, 15) is 8.78 Å². The van der Waals surface area contributed by atoms with Crippen molar-refractivity contribution in [2.24, 2.45) is 0 Å². The predicted molar refractivity (Wildman–Crippen MR) is 111 cm³/mol. The van der Waals surface area contributed by atoms with Crippen LogP contribution >= 0.6 is 0 Å². The van der Waals surface area contributed by atoms with Crippen LogP contribution in [-0.4, -0.2) is 38.9 Å². The summed E-state index contributed by atoms with van der Waals surface area (Å²) in [7, 11) is 0. The smallest absolute Gasteiger partial charge is 0.260 e. The van der Waals surface area contributed by atoms with Gasteiger partial charge in [0.05, 0.1) is 23.7 Å². The Morgan fingerprint density at radius 1 is 1.17 bits per heavy atom. The number of aromatic nitrogens is 4. The van der Waals surface area contributed by atoms with E-state index in [0.29, 0.717) is 12.0 Å². The van der Waals surface area contributed by atoms with Gasteiger partial charge in [-0.15, -0.1) is 0 Å². The maximum atomic E-state index is 12.1. The van der Waals surface area contributed by atoms with Crippen molar-refractivity contribution < 1.29 is 8.78 Å². The number of benzene rings is 1. The number of nitrogens with one attached hydrogen (secondary N) is 2. The average Bonchev–Trinajstić information content (AvgIpc) is 3.16. The topological polar surface area (TPSA) is 116 Å². The molecule has 4 heterocycles. The van der Waals surface area contributed by atoms with Crippen LogP contribution in [-0.2, 0) is 0 Å². The summed E-state index contributed by atoms with van der Waals surface area (Å²) in [6.07, 6.45) is 7.68. The Bertz CT molecular complexity index is 1240. The van der Waals surface area contributed by atoms with Crippen LogP contribution in [0.4, 0.5) is 14.7 Å². The highest BCUT2D eigenvalue weighted by atomic mass is 19.3. The second-order valence-corrected chi connectivity index (χ2v) is 7.06. The molecule has 0 aliphatic carbocycles. The normalized spacial score (nSPS) is 15.4. The Hall–Kier alpha value is -3.64. The lowest BCUT2D eigenvalue weighted by molar-refractivity contribution is -0.0208. The largest absolute Gasteiger partial charge is 0.368 e. The van der Waals surface area contributed by atoms with Crippen LogP contribution in [0.15, 0.2) is 43.0 Å². The average molecular weight is 407 g/mol. The minimum absolute atomic E-state index is 0.0556. The maximum absolute atomic E-state index is 12.1. The van der Waals surface area contributed by atoms with Gasteiger partial charge in [0, 0.05) is 58.6 Å². The minimum Gasteiger partial charge on any atom is -0.368 e. The Morgan fingerprint density at radius 2 is 2.03 bits per heavy atom. The third kappa shape index (κ3) is 4.04. The first-order valence-electron chi connectivity index (χ1n) is 9.43. The Balaban J connectivity index is 0.000000230. The van der Waals surface area contributed by atoms with Gasteiger partial charge in [0.25, 0.3) is 5.92 Å². The van der Waals surface area contributed by atoms with E-state index in [-0.39, 0.29) is 18.9 Å². The number of fused-ring (bicyclic) bond motifs is 2. The fourth-order valence-electron chi connectivity index (χ4n) is 3.42. The second kappa shape index (κ2) is 8.00. The zero-order valence-electron chi connectivity index (χ0n) is 16.0. The molecule has 9 heteroatoms. The highest BCUT2D eigenvalue weighted by Gasteiger charge is 2.30. The summed E-state index contributed by atoms with van der Waals surface area (Å²) >= 11 is 0. The van der Waals surface area contributed by atoms with Gasteiger partial charge in [0.1, 0.15) is 0 Å². The van der Waals surface area contributed by atoms with Gasteiger partial charge in [0.15, 0.2) is 0 Å². The number of aromatic amines is 1. The van der Waals surface area contributed by atoms with E-state index >= 15 is 0 Å². The molecule has 0 unspecified atom stereocenters. The van der Waals surface area contributed by atoms with Crippen LogP contribution in [0, 0.1) is 11.3 Å². The first-order chi connectivity index (χ1) is 14.5. The van der Waals surface area contributed by atoms with E-state index in [1.54, 1.807) is 24.7 Å². The predicted octanol–water partition coefficient (Wildman–Crippen LogP) is 3.63. The fraction of sp³-hybridized carbons (Fsp3) is 0.238. The van der Waals surface area contributed by atoms with E-state index in [1.165, 1.54) is 0 Å². The quantitative estimate of drug-likeness (QED) is 0.444. The molecule has 1 aromatic carbocycles. The molecule has 5 rings (SSSR count). The van der Waals surface area contributed by atoms with Gasteiger partial charge in [-0.2, -0.15) is 5.26 Å². The molecule has 4 N–H and O–H groups in total. The number of H-pyrrole nitrogens is 1. The third-order valence-corrected chi connectivity index (χ3v) is 4.89. The lowest BCUT2D eigenvalue weighted by atomic mass is 10.0. The molecule has 1 fully saturated rings. The molecule has 0 radical (unpaired) electrons. The van der Waals surface area contributed by atoms with E-state index in [0.717, 1.165) is 39.5 Å². The number of rotatable bonds is 1. The second-order valence-electron chi connectivity index (χ2n) is 7.06. The summed E-state index contributed by atoms with van der Waals surface area (Å²) in [5.41, 5.74) is 9.82. The van der Waals surface area contributed by atoms with Crippen molar-refractivity contribution in [3.8, 4) is 17.2 Å². The molecule has 1 aliphatic rings. The van der Waals surface area contributed by atoms with Gasteiger partial charge in [0.2, 0.25) is 5.95 Å². The SMILES string of the molecule is FC1(F)CCCNC1.N#Cc1ccc2c(-c3cncc4cnc(N)nc34)c[nH]c2c1. The summed E-state index contributed by atoms with van der Waals surface area (Å²) in [5, 5.41) is 13.4. The van der Waals surface area contributed by atoms with Crippen LogP contribution in [0.1, 0.15) is 18.4 Å². The molecule has 0 spiro atoms. The monoisotopic (exact) mass is 407 g/mol. The molecule has 0 amide bonds.